The second kappa shape index (κ2) is 3.85. The fraction of sp³-hybridized carbons (Fsp3) is 0.455. The molecule has 0 aliphatic rings. The highest BCUT2D eigenvalue weighted by Gasteiger charge is 2.06. The first-order chi connectivity index (χ1) is 7.08. The molecule has 2 aromatic rings. The average Bonchev–Trinajstić information content (AvgIpc) is 2.59. The van der Waals surface area contributed by atoms with Crippen LogP contribution in [-0.2, 0) is 0 Å². The van der Waals surface area contributed by atoms with Crippen LogP contribution in [0.3, 0.4) is 0 Å². The second-order valence-electron chi connectivity index (χ2n) is 4.20. The van der Waals surface area contributed by atoms with E-state index in [0.717, 1.165) is 16.7 Å². The highest BCUT2D eigenvalue weighted by atomic mass is 32.2. The molecule has 0 spiro atoms. The van der Waals surface area contributed by atoms with Crippen molar-refractivity contribution in [3.63, 3.8) is 0 Å². The highest BCUT2D eigenvalue weighted by molar-refractivity contribution is 8.14. The van der Waals surface area contributed by atoms with Crippen molar-refractivity contribution in [2.24, 2.45) is 0 Å². The standard InChI is InChI=1S/C11H17N3S/c1-8(2)10-6-5-9-7-14(15(3)4)13-11(9)12-10/h5-8,15H,1-4H3. The molecule has 0 bridgehead atoms. The van der Waals surface area contributed by atoms with Gasteiger partial charge >= 0.3 is 0 Å². The van der Waals surface area contributed by atoms with Gasteiger partial charge in [0.05, 0.1) is 0 Å². The lowest BCUT2D eigenvalue weighted by atomic mass is 10.1. The Morgan fingerprint density at radius 3 is 2.60 bits per heavy atom. The molecule has 0 N–H and O–H groups in total. The van der Waals surface area contributed by atoms with Crippen LogP contribution in [0.15, 0.2) is 18.3 Å². The summed E-state index contributed by atoms with van der Waals surface area (Å²) in [6.07, 6.45) is 6.45. The third kappa shape index (κ3) is 2.00. The lowest BCUT2D eigenvalue weighted by Gasteiger charge is -2.07. The number of aromatic nitrogens is 3. The SMILES string of the molecule is CC(C)c1ccc2cn([SH](C)C)nc2n1. The summed E-state index contributed by atoms with van der Waals surface area (Å²) < 4.78 is 2.02. The van der Waals surface area contributed by atoms with Crippen LogP contribution in [0.2, 0.25) is 0 Å². The molecule has 0 aromatic carbocycles. The first kappa shape index (κ1) is 10.5. The Bertz CT molecular complexity index is 468. The van der Waals surface area contributed by atoms with Crippen LogP contribution in [0.25, 0.3) is 11.0 Å². The molecule has 0 radical (unpaired) electrons. The second-order valence-corrected chi connectivity index (χ2v) is 6.30. The number of rotatable bonds is 2. The number of nitrogens with zero attached hydrogens (tertiary/aromatic N) is 3. The quantitative estimate of drug-likeness (QED) is 0.793. The molecule has 0 unspecified atom stereocenters. The van der Waals surface area contributed by atoms with Gasteiger partial charge in [0.2, 0.25) is 0 Å². The highest BCUT2D eigenvalue weighted by Crippen LogP contribution is 2.22. The number of hydrogen-bond donors (Lipinski definition) is 1. The topological polar surface area (TPSA) is 30.7 Å². The number of thiol groups is 1. The third-order valence-electron chi connectivity index (χ3n) is 2.38. The van der Waals surface area contributed by atoms with Gasteiger partial charge in [-0.3, -0.25) is 0 Å². The van der Waals surface area contributed by atoms with Gasteiger partial charge in [-0.15, -0.1) is 5.10 Å². The maximum atomic E-state index is 4.56. The van der Waals surface area contributed by atoms with E-state index in [1.807, 2.05) is 4.09 Å². The van der Waals surface area contributed by atoms with Crippen molar-refractivity contribution in [2.75, 3.05) is 12.5 Å². The predicted molar refractivity (Wildman–Crippen MR) is 67.8 cm³/mol. The van der Waals surface area contributed by atoms with E-state index in [4.69, 9.17) is 0 Å². The van der Waals surface area contributed by atoms with E-state index in [1.54, 1.807) is 0 Å². The largest absolute Gasteiger partial charge is 0.234 e. The summed E-state index contributed by atoms with van der Waals surface area (Å²) in [7, 11) is 0. The van der Waals surface area contributed by atoms with Crippen molar-refractivity contribution >= 4 is 22.1 Å². The van der Waals surface area contributed by atoms with Gasteiger partial charge in [0.25, 0.3) is 0 Å². The molecule has 2 heterocycles. The fourth-order valence-corrected chi connectivity index (χ4v) is 2.05. The molecule has 0 fully saturated rings. The van der Waals surface area contributed by atoms with Crippen LogP contribution >= 0.6 is 11.1 Å². The van der Waals surface area contributed by atoms with Crippen molar-refractivity contribution in [2.45, 2.75) is 19.8 Å². The zero-order chi connectivity index (χ0) is 11.0. The first-order valence-electron chi connectivity index (χ1n) is 5.12. The smallest absolute Gasteiger partial charge is 0.182 e. The Labute approximate surface area is 93.0 Å². The molecule has 0 saturated carbocycles. The van der Waals surface area contributed by atoms with Crippen LogP contribution < -0.4 is 0 Å². The van der Waals surface area contributed by atoms with Gasteiger partial charge in [-0.1, -0.05) is 13.8 Å². The summed E-state index contributed by atoms with van der Waals surface area (Å²) in [5, 5.41) is 5.62. The number of pyridine rings is 1. The molecule has 4 heteroatoms. The summed E-state index contributed by atoms with van der Waals surface area (Å²) in [6.45, 7) is 4.30. The Hall–Kier alpha value is -1.03. The number of hydrogen-bond acceptors (Lipinski definition) is 2. The Morgan fingerprint density at radius 1 is 1.27 bits per heavy atom. The lowest BCUT2D eigenvalue weighted by molar-refractivity contribution is 0.826. The van der Waals surface area contributed by atoms with Crippen molar-refractivity contribution < 1.29 is 0 Å². The molecule has 0 amide bonds. The Morgan fingerprint density at radius 2 is 2.00 bits per heavy atom. The van der Waals surface area contributed by atoms with Crippen molar-refractivity contribution in [3.8, 4) is 0 Å². The first-order valence-corrected chi connectivity index (χ1v) is 7.31. The van der Waals surface area contributed by atoms with E-state index in [2.05, 4.69) is 54.8 Å². The van der Waals surface area contributed by atoms with Gasteiger partial charge < -0.3 is 0 Å². The minimum absolute atomic E-state index is 0.202. The zero-order valence-electron chi connectivity index (χ0n) is 9.60. The normalized spacial score (nSPS) is 12.5. The van der Waals surface area contributed by atoms with Crippen LogP contribution in [0.5, 0.6) is 0 Å². The van der Waals surface area contributed by atoms with Crippen molar-refractivity contribution in [3.05, 3.63) is 24.0 Å². The summed E-state index contributed by atoms with van der Waals surface area (Å²) >= 11 is -0.202. The molecule has 2 aromatic heterocycles. The molecular weight excluding hydrogens is 206 g/mol. The molecule has 0 aliphatic carbocycles. The Balaban J connectivity index is 2.52. The van der Waals surface area contributed by atoms with E-state index < -0.39 is 0 Å². The lowest BCUT2D eigenvalue weighted by Crippen LogP contribution is -1.94. The molecule has 0 aliphatic heterocycles. The summed E-state index contributed by atoms with van der Waals surface area (Å²) in [6, 6.07) is 4.20. The molecule has 2 rings (SSSR count). The molecule has 0 saturated heterocycles. The maximum absolute atomic E-state index is 4.56. The predicted octanol–water partition coefficient (Wildman–Crippen LogP) is 2.58. The van der Waals surface area contributed by atoms with Crippen LogP contribution in [0, 0.1) is 0 Å². The minimum atomic E-state index is -0.202. The summed E-state index contributed by atoms with van der Waals surface area (Å²) in [5.41, 5.74) is 1.99. The van der Waals surface area contributed by atoms with E-state index >= 15 is 0 Å². The van der Waals surface area contributed by atoms with E-state index in [0.29, 0.717) is 5.92 Å². The van der Waals surface area contributed by atoms with Crippen molar-refractivity contribution in [1.29, 1.82) is 0 Å². The van der Waals surface area contributed by atoms with E-state index in [9.17, 15) is 0 Å². The molecular formula is C11H17N3S. The maximum Gasteiger partial charge on any atom is 0.182 e. The molecule has 82 valence electrons. The van der Waals surface area contributed by atoms with Gasteiger partial charge in [-0.2, -0.15) is 11.1 Å². The van der Waals surface area contributed by atoms with Gasteiger partial charge in [-0.25, -0.2) is 9.07 Å². The van der Waals surface area contributed by atoms with Crippen LogP contribution in [0.4, 0.5) is 0 Å². The Kier molecular flexibility index (Phi) is 2.69. The van der Waals surface area contributed by atoms with Gasteiger partial charge in [0, 0.05) is 17.3 Å². The average molecular weight is 223 g/mol. The van der Waals surface area contributed by atoms with E-state index in [1.165, 1.54) is 0 Å². The molecule has 15 heavy (non-hydrogen) atoms. The summed E-state index contributed by atoms with van der Waals surface area (Å²) in [5.74, 6) is 0.462. The fourth-order valence-electron chi connectivity index (χ4n) is 1.43. The van der Waals surface area contributed by atoms with Crippen LogP contribution in [-0.4, -0.2) is 26.7 Å². The van der Waals surface area contributed by atoms with Crippen molar-refractivity contribution in [1.82, 2.24) is 14.2 Å². The molecule has 0 atom stereocenters. The number of fused-ring (bicyclic) bond motifs is 1. The van der Waals surface area contributed by atoms with Gasteiger partial charge in [0.1, 0.15) is 0 Å². The van der Waals surface area contributed by atoms with Crippen LogP contribution in [0.1, 0.15) is 25.5 Å². The minimum Gasteiger partial charge on any atom is -0.234 e. The third-order valence-corrected chi connectivity index (χ3v) is 3.40. The monoisotopic (exact) mass is 223 g/mol. The zero-order valence-corrected chi connectivity index (χ0v) is 10.5. The summed E-state index contributed by atoms with van der Waals surface area (Å²) in [4.78, 5) is 4.56. The molecule has 3 nitrogen and oxygen atoms in total. The van der Waals surface area contributed by atoms with Gasteiger partial charge in [0.15, 0.2) is 5.65 Å². The van der Waals surface area contributed by atoms with E-state index in [-0.39, 0.29) is 11.1 Å². The van der Waals surface area contributed by atoms with Gasteiger partial charge in [-0.05, 0) is 30.6 Å².